The maximum atomic E-state index is 12.2. The minimum atomic E-state index is -0.497. The Hall–Kier alpha value is -1.41. The van der Waals surface area contributed by atoms with Crippen LogP contribution >= 0.6 is 0 Å². The topological polar surface area (TPSA) is 37.3 Å². The lowest BCUT2D eigenvalue weighted by molar-refractivity contribution is -0.122. The summed E-state index contributed by atoms with van der Waals surface area (Å²) in [6.07, 6.45) is 8.67. The van der Waals surface area contributed by atoms with Crippen LogP contribution < -0.4 is 0 Å². The van der Waals surface area contributed by atoms with Gasteiger partial charge >= 0.3 is 0 Å². The minimum absolute atomic E-state index is 0.0203. The van der Waals surface area contributed by atoms with Crippen molar-refractivity contribution in [2.24, 2.45) is 11.8 Å². The maximum absolute atomic E-state index is 12.2. The number of benzene rings is 1. The summed E-state index contributed by atoms with van der Waals surface area (Å²) in [4.78, 5) is 12.2. The lowest BCUT2D eigenvalue weighted by Crippen LogP contribution is -2.33. The predicted octanol–water partition coefficient (Wildman–Crippen LogP) is 3.85. The number of carbonyl (C=O) groups is 1. The molecular formula is C18H24O2. The van der Waals surface area contributed by atoms with Crippen LogP contribution in [0.2, 0.25) is 0 Å². The minimum Gasteiger partial charge on any atom is -0.392 e. The first-order chi connectivity index (χ1) is 9.68. The molecule has 2 unspecified atom stereocenters. The van der Waals surface area contributed by atoms with Crippen molar-refractivity contribution in [3.8, 4) is 0 Å². The van der Waals surface area contributed by atoms with Crippen LogP contribution in [-0.4, -0.2) is 17.0 Å². The summed E-state index contributed by atoms with van der Waals surface area (Å²) in [5, 5.41) is 10.4. The van der Waals surface area contributed by atoms with Crippen molar-refractivity contribution >= 4 is 11.9 Å². The van der Waals surface area contributed by atoms with Gasteiger partial charge in [0.25, 0.3) is 0 Å². The van der Waals surface area contributed by atoms with Gasteiger partial charge in [-0.25, -0.2) is 0 Å². The van der Waals surface area contributed by atoms with Crippen molar-refractivity contribution in [3.05, 3.63) is 42.0 Å². The van der Waals surface area contributed by atoms with Gasteiger partial charge in [0.05, 0.1) is 6.10 Å². The van der Waals surface area contributed by atoms with Gasteiger partial charge in [-0.3, -0.25) is 4.79 Å². The molecular weight excluding hydrogens is 248 g/mol. The van der Waals surface area contributed by atoms with Crippen LogP contribution in [0.15, 0.2) is 36.4 Å². The number of ketones is 1. The molecule has 0 spiro atoms. The van der Waals surface area contributed by atoms with E-state index in [0.29, 0.717) is 5.92 Å². The highest BCUT2D eigenvalue weighted by molar-refractivity contribution is 5.95. The Labute approximate surface area is 121 Å². The lowest BCUT2D eigenvalue weighted by atomic mass is 9.79. The second-order valence-electron chi connectivity index (χ2n) is 5.82. The Bertz CT molecular complexity index is 444. The molecule has 1 aliphatic rings. The molecule has 0 bridgehead atoms. The van der Waals surface area contributed by atoms with Crippen LogP contribution in [0.1, 0.15) is 44.6 Å². The predicted molar refractivity (Wildman–Crippen MR) is 82.2 cm³/mol. The summed E-state index contributed by atoms with van der Waals surface area (Å²) in [6, 6.07) is 9.78. The molecule has 0 aromatic heterocycles. The number of carbonyl (C=O) groups excluding carboxylic acids is 1. The van der Waals surface area contributed by atoms with Crippen molar-refractivity contribution in [1.29, 1.82) is 0 Å². The fourth-order valence-electron chi connectivity index (χ4n) is 2.95. The van der Waals surface area contributed by atoms with Gasteiger partial charge < -0.3 is 5.11 Å². The molecule has 1 fully saturated rings. The third kappa shape index (κ3) is 4.04. The highest BCUT2D eigenvalue weighted by atomic mass is 16.3. The summed E-state index contributed by atoms with van der Waals surface area (Å²) in [7, 11) is 0. The van der Waals surface area contributed by atoms with Gasteiger partial charge in [-0.05, 0) is 30.4 Å². The van der Waals surface area contributed by atoms with E-state index in [9.17, 15) is 9.90 Å². The van der Waals surface area contributed by atoms with Gasteiger partial charge in [0.15, 0.2) is 5.78 Å². The van der Waals surface area contributed by atoms with E-state index in [-0.39, 0.29) is 11.7 Å². The maximum Gasteiger partial charge on any atom is 0.161 e. The van der Waals surface area contributed by atoms with Gasteiger partial charge in [-0.15, -0.1) is 0 Å². The average molecular weight is 272 g/mol. The van der Waals surface area contributed by atoms with E-state index in [0.717, 1.165) is 18.4 Å². The monoisotopic (exact) mass is 272 g/mol. The molecule has 1 aromatic carbocycles. The van der Waals surface area contributed by atoms with Crippen molar-refractivity contribution in [3.63, 3.8) is 0 Å². The average Bonchev–Trinajstić information content (AvgIpc) is 2.53. The normalized spacial score (nSPS) is 19.9. The number of allylic oxidation sites excluding steroid dienone is 1. The number of hydrogen-bond acceptors (Lipinski definition) is 2. The molecule has 0 heterocycles. The Morgan fingerprint density at radius 2 is 1.85 bits per heavy atom. The molecule has 2 heteroatoms. The molecule has 2 nitrogen and oxygen atoms in total. The Morgan fingerprint density at radius 3 is 2.50 bits per heavy atom. The van der Waals surface area contributed by atoms with Crippen LogP contribution in [0.5, 0.6) is 0 Å². The van der Waals surface area contributed by atoms with E-state index >= 15 is 0 Å². The van der Waals surface area contributed by atoms with Crippen molar-refractivity contribution < 1.29 is 9.90 Å². The highest BCUT2D eigenvalue weighted by Crippen LogP contribution is 2.29. The summed E-state index contributed by atoms with van der Waals surface area (Å²) in [6.45, 7) is 1.84. The largest absolute Gasteiger partial charge is 0.392 e. The summed E-state index contributed by atoms with van der Waals surface area (Å²) in [5.74, 6) is 0.0119. The van der Waals surface area contributed by atoms with E-state index < -0.39 is 6.10 Å². The van der Waals surface area contributed by atoms with Crippen LogP contribution in [0.4, 0.5) is 0 Å². The van der Waals surface area contributed by atoms with E-state index in [1.807, 2.05) is 43.3 Å². The lowest BCUT2D eigenvalue weighted by Gasteiger charge is -2.29. The Balaban J connectivity index is 1.92. The number of aliphatic hydroxyl groups excluding tert-OH is 1. The first-order valence-electron chi connectivity index (χ1n) is 7.63. The quantitative estimate of drug-likeness (QED) is 0.827. The number of rotatable bonds is 5. The van der Waals surface area contributed by atoms with E-state index in [1.54, 1.807) is 6.08 Å². The first kappa shape index (κ1) is 15.0. The van der Waals surface area contributed by atoms with Gasteiger partial charge in [0.2, 0.25) is 0 Å². The molecule has 108 valence electrons. The summed E-state index contributed by atoms with van der Waals surface area (Å²) < 4.78 is 0. The van der Waals surface area contributed by atoms with Crippen LogP contribution in [0.25, 0.3) is 6.08 Å². The zero-order chi connectivity index (χ0) is 14.4. The third-order valence-corrected chi connectivity index (χ3v) is 4.33. The highest BCUT2D eigenvalue weighted by Gasteiger charge is 2.29. The molecule has 0 amide bonds. The van der Waals surface area contributed by atoms with Crippen LogP contribution in [0.3, 0.4) is 0 Å². The van der Waals surface area contributed by atoms with Gasteiger partial charge in [-0.2, -0.15) is 0 Å². The zero-order valence-electron chi connectivity index (χ0n) is 12.2. The van der Waals surface area contributed by atoms with Crippen LogP contribution in [0, 0.1) is 11.8 Å². The summed E-state index contributed by atoms with van der Waals surface area (Å²) >= 11 is 0. The first-order valence-corrected chi connectivity index (χ1v) is 7.63. The second kappa shape index (κ2) is 7.39. The number of aliphatic hydroxyl groups is 1. The molecule has 1 saturated carbocycles. The van der Waals surface area contributed by atoms with Crippen molar-refractivity contribution in [1.82, 2.24) is 0 Å². The smallest absolute Gasteiger partial charge is 0.161 e. The SMILES string of the molecule is CC(C(=O)/C=C/c1ccccc1)C(O)C1CCCCC1. The molecule has 0 saturated heterocycles. The van der Waals surface area contributed by atoms with Crippen molar-refractivity contribution in [2.75, 3.05) is 0 Å². The molecule has 20 heavy (non-hydrogen) atoms. The van der Waals surface area contributed by atoms with E-state index in [1.165, 1.54) is 19.3 Å². The van der Waals surface area contributed by atoms with Crippen molar-refractivity contribution in [2.45, 2.75) is 45.1 Å². The Kier molecular flexibility index (Phi) is 5.54. The molecule has 1 aliphatic carbocycles. The third-order valence-electron chi connectivity index (χ3n) is 4.33. The molecule has 1 N–H and O–H groups in total. The van der Waals surface area contributed by atoms with E-state index in [4.69, 9.17) is 0 Å². The van der Waals surface area contributed by atoms with Crippen LogP contribution in [-0.2, 0) is 4.79 Å². The summed E-state index contributed by atoms with van der Waals surface area (Å²) in [5.41, 5.74) is 1.01. The number of hydrogen-bond donors (Lipinski definition) is 1. The zero-order valence-corrected chi connectivity index (χ0v) is 12.2. The molecule has 2 atom stereocenters. The van der Waals surface area contributed by atoms with Gasteiger partial charge in [0.1, 0.15) is 0 Å². The van der Waals surface area contributed by atoms with Gasteiger partial charge in [0, 0.05) is 5.92 Å². The standard InChI is InChI=1S/C18H24O2/c1-14(18(20)16-10-6-3-7-11-16)17(19)13-12-15-8-4-2-5-9-15/h2,4-5,8-9,12-14,16,18,20H,3,6-7,10-11H2,1H3/b13-12+. The molecule has 0 radical (unpaired) electrons. The Morgan fingerprint density at radius 1 is 1.20 bits per heavy atom. The van der Waals surface area contributed by atoms with E-state index in [2.05, 4.69) is 0 Å². The fourth-order valence-corrected chi connectivity index (χ4v) is 2.95. The fraction of sp³-hybridized carbons (Fsp3) is 0.500. The molecule has 2 rings (SSSR count). The molecule has 1 aromatic rings. The van der Waals surface area contributed by atoms with Gasteiger partial charge in [-0.1, -0.05) is 62.6 Å². The second-order valence-corrected chi connectivity index (χ2v) is 5.82. The molecule has 0 aliphatic heterocycles.